The normalized spacial score (nSPS) is 37.0. The van der Waals surface area contributed by atoms with Gasteiger partial charge in [-0.15, -0.1) is 0 Å². The maximum Gasteiger partial charge on any atom is 0.397 e. The van der Waals surface area contributed by atoms with E-state index in [0.29, 0.717) is 0 Å². The third-order valence-corrected chi connectivity index (χ3v) is 20.9. The molecule has 6 rings (SSSR count). The summed E-state index contributed by atoms with van der Waals surface area (Å²) in [6.07, 6.45) is -96.5. The molecule has 119 heavy (non-hydrogen) atoms. The predicted molar refractivity (Wildman–Crippen MR) is 335 cm³/mol. The van der Waals surface area contributed by atoms with Gasteiger partial charge in [-0.25, -0.2) is 54.4 Å². The van der Waals surface area contributed by atoms with Gasteiger partial charge >= 0.3 is 135 Å². The first-order valence-electron chi connectivity index (χ1n) is 29.7. The Kier molecular flexibility index (Phi) is 35.1. The Morgan fingerprint density at radius 3 is 0.580 bits per heavy atom. The lowest BCUT2D eigenvalue weighted by Gasteiger charge is -2.50. The molecule has 6 aliphatic rings. The Hall–Kier alpha value is -2.41. The third-order valence-electron chi connectivity index (χ3n) is 15.1. The summed E-state index contributed by atoms with van der Waals surface area (Å²) in [5, 5.41) is 80.2. The Morgan fingerprint density at radius 1 is 0.176 bits per heavy atom. The summed E-state index contributed by atoms with van der Waals surface area (Å²) in [4.78, 5) is 0. The Balaban J connectivity index is 1.48. The molecule has 0 amide bonds. The zero-order valence-electron chi connectivity index (χ0n) is 56.2. The van der Waals surface area contributed by atoms with Crippen LogP contribution in [-0.4, -0.2) is 428 Å². The van der Waals surface area contributed by atoms with Crippen LogP contribution in [0.1, 0.15) is 0 Å². The summed E-state index contributed by atoms with van der Waals surface area (Å²) in [7, 11) is -79.8. The number of ether oxygens (including phenoxy) is 11. The summed E-state index contributed by atoms with van der Waals surface area (Å²) < 4.78 is 555. The molecule has 6 fully saturated rings. The second-order valence-electron chi connectivity index (χ2n) is 23.4. The van der Waals surface area contributed by atoms with Crippen LogP contribution in [0.4, 0.5) is 0 Å². The van der Waals surface area contributed by atoms with Crippen molar-refractivity contribution in [3.63, 3.8) is 0 Å². The summed E-state index contributed by atoms with van der Waals surface area (Å²) in [5.41, 5.74) is 0. The molecule has 20 N–H and O–H groups in total. The fourth-order valence-corrected chi connectivity index (χ4v) is 16.3. The molecule has 6 aliphatic heterocycles. The van der Waals surface area contributed by atoms with Gasteiger partial charge in [0.05, 0.1) is 39.6 Å². The van der Waals surface area contributed by atoms with Gasteiger partial charge in [-0.1, -0.05) is 0 Å². The quantitative estimate of drug-likeness (QED) is 0.0252. The average molecular weight is 2030 g/mol. The van der Waals surface area contributed by atoms with Crippen LogP contribution in [0.5, 0.6) is 0 Å². The van der Waals surface area contributed by atoms with E-state index >= 15 is 0 Å². The van der Waals surface area contributed by atoms with Crippen molar-refractivity contribution in [2.45, 2.75) is 184 Å². The van der Waals surface area contributed by atoms with Gasteiger partial charge in [-0.3, -0.25) is 59.2 Å². The monoisotopic (exact) mass is 2030 g/mol. The first-order valence-corrected chi connectivity index (χ1v) is 47.4. The van der Waals surface area contributed by atoms with Crippen molar-refractivity contribution in [1.82, 2.24) is 0 Å². The number of rotatable bonds is 42. The predicted octanol–water partition coefficient (Wildman–Crippen LogP) is -16.3. The van der Waals surface area contributed by atoms with E-state index < -0.39 is 359 Å². The van der Waals surface area contributed by atoms with Gasteiger partial charge < -0.3 is 87.9 Å². The number of aliphatic hydroxyl groups excluding tert-OH is 7. The van der Waals surface area contributed by atoms with Gasteiger partial charge in [0.2, 0.25) is 0 Å². The smallest absolute Gasteiger partial charge is 0.387 e. The number of hydrogen-bond donors (Lipinski definition) is 20. The lowest BCUT2D eigenvalue weighted by molar-refractivity contribution is -0.390. The van der Waals surface area contributed by atoms with Gasteiger partial charge in [-0.2, -0.15) is 109 Å². The van der Waals surface area contributed by atoms with E-state index in [1.54, 1.807) is 0 Å². The zero-order chi connectivity index (χ0) is 91.0. The molecule has 0 radical (unpaired) electrons. The molecule has 0 spiro atoms. The van der Waals surface area contributed by atoms with Crippen molar-refractivity contribution in [3.05, 3.63) is 0 Å². The van der Waals surface area contributed by atoms with Gasteiger partial charge in [0, 0.05) is 0 Å². The first kappa shape index (κ1) is 105. The molecule has 0 aromatic heterocycles. The molecule has 0 aromatic carbocycles. The Morgan fingerprint density at radius 2 is 0.345 bits per heavy atom. The van der Waals surface area contributed by atoms with E-state index in [1.165, 1.54) is 0 Å². The summed E-state index contributed by atoms with van der Waals surface area (Å²) >= 11 is 0. The largest absolute Gasteiger partial charge is 0.397 e. The minimum Gasteiger partial charge on any atom is -0.387 e. The van der Waals surface area contributed by atoms with E-state index in [-0.39, 0.29) is 0 Å². The lowest BCUT2D eigenvalue weighted by Crippen LogP contribution is -2.69. The van der Waals surface area contributed by atoms with Crippen molar-refractivity contribution in [2.24, 2.45) is 0 Å². The molecule has 704 valence electrons. The molecule has 0 bridgehead atoms. The fraction of sp³-hybridized carbons (Fsp3) is 1.00. The second kappa shape index (κ2) is 39.7. The maximum absolute atomic E-state index is 12.8. The van der Waals surface area contributed by atoms with E-state index in [1.807, 2.05) is 0 Å². The van der Waals surface area contributed by atoms with Gasteiger partial charge in [0.1, 0.15) is 134 Å². The topological polar surface area (TPSA) is 1070 Å². The zero-order valence-corrected chi connectivity index (χ0v) is 66.8. The molecule has 30 unspecified atom stereocenters. The molecule has 30 atom stereocenters. The summed E-state index contributed by atoms with van der Waals surface area (Å²) in [5.74, 6) is 0. The summed E-state index contributed by atoms with van der Waals surface area (Å²) in [6, 6.07) is 0. The van der Waals surface area contributed by atoms with Crippen LogP contribution in [0.25, 0.3) is 0 Å². The molecule has 0 aromatic rings. The van der Waals surface area contributed by atoms with Crippen LogP contribution in [0, 0.1) is 0 Å². The van der Waals surface area contributed by atoms with Crippen molar-refractivity contribution in [1.29, 1.82) is 0 Å². The molecule has 0 aliphatic carbocycles. The van der Waals surface area contributed by atoms with E-state index in [0.717, 1.165) is 0 Å². The molecule has 6 heterocycles. The molecule has 70 nitrogen and oxygen atoms in total. The average Bonchev–Trinajstić information content (AvgIpc) is 0.766. The molecule has 83 heteroatoms. The highest BCUT2D eigenvalue weighted by Crippen LogP contribution is 2.41. The van der Waals surface area contributed by atoms with Gasteiger partial charge in [0.15, 0.2) is 49.9 Å². The first-order chi connectivity index (χ1) is 53.4. The highest BCUT2D eigenvalue weighted by Gasteiger charge is 2.62. The number of aliphatic hydroxyl groups is 7. The van der Waals surface area contributed by atoms with E-state index in [4.69, 9.17) is 52.1 Å². The molecular formula is C36H62O70S13. The van der Waals surface area contributed by atoms with Crippen LogP contribution < -0.4 is 0 Å². The van der Waals surface area contributed by atoms with Gasteiger partial charge in [0.25, 0.3) is 0 Å². The lowest BCUT2D eigenvalue weighted by atomic mass is 9.95. The van der Waals surface area contributed by atoms with E-state index in [2.05, 4.69) is 54.4 Å². The minimum atomic E-state index is -6.51. The van der Waals surface area contributed by atoms with E-state index in [9.17, 15) is 204 Å². The maximum atomic E-state index is 12.8. The second-order valence-corrected chi connectivity index (χ2v) is 37.3. The SMILES string of the molecule is O=S(=O)(O)OCC1OC(OC2C(COS(=O)(=O)O)OC(O)C(O)C2OS(=O)(=O)O)C(OS(=O)(=O)O)C(O)C1OC1OC(COS(=O)(=O)O)C(OC2OC(COS(=O)(=O)O)C(OC3OC(COS(=O)(=O)O)C(OC4OC(COS(=O)(=O)O)C(OS(=O)(=O)O)C(OS(=O)(=O)O)C4O)C(OS(=O)(=O)O)C3O)C(O)C2OS(=O)(=O)O)C(OS(=O)(=O)O)C1O. The van der Waals surface area contributed by atoms with Crippen LogP contribution in [0.2, 0.25) is 0 Å². The highest BCUT2D eigenvalue weighted by atomic mass is 32.3. The van der Waals surface area contributed by atoms with Crippen molar-refractivity contribution >= 4 is 135 Å². The van der Waals surface area contributed by atoms with Gasteiger partial charge in [-0.05, 0) is 0 Å². The highest BCUT2D eigenvalue weighted by molar-refractivity contribution is 7.83. The fourth-order valence-electron chi connectivity index (χ4n) is 11.0. The standard InChI is InChI=1S/C36H62O70S13/c37-13-19(7(1-83-107(44,45)46)93-35(29(13)105-118(77,78)79)98-21-9(3-85-109(50,51)52)89-31(43)15(39)25(21)101-114(65,66)67)96-33-17(41)27(103-116(71,72)73)23(11(91-33)5-87-111(56,57)58)99-36-30(106-119(80,81)82)14(38)20(8(94-36)2-84-108(47,48)49)95-32-16(40)26(102-115(68,69)70)22(10(90-32)4-86-110(53,54)55)97-34-18(42)28(104-117(74,75)76)24(100-113(62,63)64)12(92-34)6-88-112(59,60)61/h7-43H,1-6H2,(H,44,45,46)(H,47,48,49)(H,50,51,52)(H,53,54,55)(H,56,57,58)(H,59,60,61)(H,62,63,64)(H,65,66,67)(H,68,69,70)(H,71,72,73)(H,74,75,76)(H,77,78,79)(H,80,81,82). The third kappa shape index (κ3) is 34.3. The van der Waals surface area contributed by atoms with Crippen LogP contribution in [0.3, 0.4) is 0 Å². The van der Waals surface area contributed by atoms with Crippen molar-refractivity contribution < 1.29 is 311 Å². The summed E-state index contributed by atoms with van der Waals surface area (Å²) in [6.45, 7) is -12.2. The van der Waals surface area contributed by atoms with Crippen LogP contribution in [0.15, 0.2) is 0 Å². The Labute approximate surface area is 666 Å². The van der Waals surface area contributed by atoms with Crippen molar-refractivity contribution in [3.8, 4) is 0 Å². The molecule has 6 saturated heterocycles. The van der Waals surface area contributed by atoms with Crippen molar-refractivity contribution in [2.75, 3.05) is 39.6 Å². The minimum absolute atomic E-state index is 1.79. The van der Waals surface area contributed by atoms with Crippen LogP contribution >= 0.6 is 0 Å². The number of hydrogen-bond acceptors (Lipinski definition) is 57. The molecular weight excluding hydrogens is 1970 g/mol. The molecule has 0 saturated carbocycles. The Bertz CT molecular complexity index is 5040. The van der Waals surface area contributed by atoms with Crippen LogP contribution in [-0.2, 0) is 242 Å².